The molecule has 114 valence electrons. The lowest BCUT2D eigenvalue weighted by Crippen LogP contribution is -2.45. The summed E-state index contributed by atoms with van der Waals surface area (Å²) in [6.45, 7) is 2.90. The van der Waals surface area contributed by atoms with E-state index in [0.29, 0.717) is 11.8 Å². The van der Waals surface area contributed by atoms with Crippen LogP contribution in [0, 0.1) is 23.2 Å². The number of anilines is 1. The Morgan fingerprint density at radius 3 is 2.73 bits per heavy atom. The van der Waals surface area contributed by atoms with Crippen LogP contribution in [0.4, 0.5) is 5.69 Å². The number of para-hydroxylation sites is 1. The molecule has 1 saturated heterocycles. The minimum atomic E-state index is -0.470. The Labute approximate surface area is 131 Å². The predicted octanol–water partition coefficient (Wildman–Crippen LogP) is 3.21. The molecule has 0 N–H and O–H groups in total. The second kappa shape index (κ2) is 4.80. The number of carbonyl (C=O) groups is 2. The highest BCUT2D eigenvalue weighted by molar-refractivity contribution is 6.07. The summed E-state index contributed by atoms with van der Waals surface area (Å²) < 4.78 is 0. The van der Waals surface area contributed by atoms with Gasteiger partial charge in [-0.1, -0.05) is 37.6 Å². The molecule has 1 aromatic rings. The second-order valence-corrected chi connectivity index (χ2v) is 6.88. The van der Waals surface area contributed by atoms with Crippen LogP contribution in [0.5, 0.6) is 0 Å². The minimum absolute atomic E-state index is 0.103. The van der Waals surface area contributed by atoms with E-state index in [2.05, 4.69) is 6.92 Å². The number of nitrogens with zero attached hydrogens (tertiary/aromatic N) is 1. The molecule has 3 aliphatic rings. The number of rotatable bonds is 2. The summed E-state index contributed by atoms with van der Waals surface area (Å²) >= 11 is 0. The van der Waals surface area contributed by atoms with Crippen LogP contribution in [0.1, 0.15) is 26.2 Å². The first kappa shape index (κ1) is 13.7. The Morgan fingerprint density at radius 1 is 1.23 bits per heavy atom. The van der Waals surface area contributed by atoms with Crippen molar-refractivity contribution in [2.24, 2.45) is 23.2 Å². The molecule has 22 heavy (non-hydrogen) atoms. The second-order valence-electron chi connectivity index (χ2n) is 6.88. The number of carbonyl (C=O) groups excluding carboxylic acids is 2. The first-order valence-electron chi connectivity index (χ1n) is 8.26. The fraction of sp³-hybridized carbons (Fsp3) is 0.474. The molecule has 0 radical (unpaired) electrons. The average molecular weight is 295 g/mol. The fourth-order valence-corrected chi connectivity index (χ4v) is 5.06. The van der Waals surface area contributed by atoms with E-state index in [0.717, 1.165) is 31.5 Å². The van der Waals surface area contributed by atoms with Crippen LogP contribution in [0.2, 0.25) is 0 Å². The van der Waals surface area contributed by atoms with Gasteiger partial charge in [0.25, 0.3) is 0 Å². The maximum absolute atomic E-state index is 13.3. The molecule has 1 spiro atoms. The van der Waals surface area contributed by atoms with E-state index in [1.807, 2.05) is 41.3 Å². The van der Waals surface area contributed by atoms with Crippen LogP contribution >= 0.6 is 0 Å². The number of hydrogen-bond donors (Lipinski definition) is 0. The molecule has 0 bridgehead atoms. The molecule has 2 aliphatic carbocycles. The molecule has 1 amide bonds. The van der Waals surface area contributed by atoms with Gasteiger partial charge in [-0.05, 0) is 42.9 Å². The highest BCUT2D eigenvalue weighted by Gasteiger charge is 2.66. The number of amides is 1. The van der Waals surface area contributed by atoms with Crippen LogP contribution in [-0.2, 0) is 9.59 Å². The van der Waals surface area contributed by atoms with E-state index in [1.165, 1.54) is 0 Å². The Hall–Kier alpha value is -1.90. The lowest BCUT2D eigenvalue weighted by atomic mass is 9.65. The zero-order chi connectivity index (χ0) is 15.3. The predicted molar refractivity (Wildman–Crippen MR) is 85.4 cm³/mol. The van der Waals surface area contributed by atoms with E-state index in [-0.39, 0.29) is 17.6 Å². The Bertz CT molecular complexity index is 651. The number of ketones is 1. The van der Waals surface area contributed by atoms with Crippen molar-refractivity contribution >= 4 is 17.4 Å². The molecule has 0 aromatic heterocycles. The van der Waals surface area contributed by atoms with Crippen molar-refractivity contribution in [3.63, 3.8) is 0 Å². The third-order valence-corrected chi connectivity index (χ3v) is 6.02. The molecule has 1 saturated carbocycles. The highest BCUT2D eigenvalue weighted by Crippen LogP contribution is 2.60. The van der Waals surface area contributed by atoms with E-state index in [4.69, 9.17) is 0 Å². The van der Waals surface area contributed by atoms with Gasteiger partial charge in [-0.3, -0.25) is 9.59 Å². The lowest BCUT2D eigenvalue weighted by molar-refractivity contribution is -0.136. The summed E-state index contributed by atoms with van der Waals surface area (Å²) in [5, 5.41) is 0. The molecule has 2 fully saturated rings. The Balaban J connectivity index is 1.77. The topological polar surface area (TPSA) is 37.4 Å². The summed E-state index contributed by atoms with van der Waals surface area (Å²) in [4.78, 5) is 27.7. The van der Waals surface area contributed by atoms with Gasteiger partial charge in [0.15, 0.2) is 5.78 Å². The quantitative estimate of drug-likeness (QED) is 0.840. The van der Waals surface area contributed by atoms with Crippen molar-refractivity contribution in [1.29, 1.82) is 0 Å². The van der Waals surface area contributed by atoms with Crippen molar-refractivity contribution in [3.8, 4) is 0 Å². The molecule has 3 nitrogen and oxygen atoms in total. The zero-order valence-corrected chi connectivity index (χ0v) is 12.9. The summed E-state index contributed by atoms with van der Waals surface area (Å²) in [6, 6.07) is 9.87. The van der Waals surface area contributed by atoms with E-state index in [1.54, 1.807) is 6.08 Å². The molecule has 4 atom stereocenters. The minimum Gasteiger partial charge on any atom is -0.312 e. The monoisotopic (exact) mass is 295 g/mol. The summed E-state index contributed by atoms with van der Waals surface area (Å²) in [7, 11) is 0. The normalized spacial score (nSPS) is 36.6. The average Bonchev–Trinajstić information content (AvgIpc) is 3.00. The van der Waals surface area contributed by atoms with Gasteiger partial charge in [0.1, 0.15) is 0 Å². The standard InChI is InChI=1S/C19H21NO2/c1-2-13-11-14-12-20(15-7-4-3-5-8-15)18(22)19(14)10-6-9-16(21)17(13)19/h3-9,13-14,17H,2,10-12H2,1H3/t13-,14+,17+,19-/m0/s1. The lowest BCUT2D eigenvalue weighted by Gasteiger charge is -2.35. The van der Waals surface area contributed by atoms with Crippen LogP contribution in [-0.4, -0.2) is 18.2 Å². The van der Waals surface area contributed by atoms with Gasteiger partial charge in [0.05, 0.1) is 5.41 Å². The SMILES string of the molecule is CC[C@H]1C[C@@H]2CN(c3ccccc3)C(=O)[C@@]23CC=CC(=O)[C@@H]13. The number of hydrogen-bond acceptors (Lipinski definition) is 2. The van der Waals surface area contributed by atoms with Gasteiger partial charge in [0.2, 0.25) is 5.91 Å². The fourth-order valence-electron chi connectivity index (χ4n) is 5.06. The van der Waals surface area contributed by atoms with Crippen molar-refractivity contribution in [3.05, 3.63) is 42.5 Å². The molecule has 1 aromatic carbocycles. The van der Waals surface area contributed by atoms with Crippen molar-refractivity contribution < 1.29 is 9.59 Å². The smallest absolute Gasteiger partial charge is 0.234 e. The van der Waals surface area contributed by atoms with E-state index < -0.39 is 5.41 Å². The van der Waals surface area contributed by atoms with Crippen molar-refractivity contribution in [1.82, 2.24) is 0 Å². The zero-order valence-electron chi connectivity index (χ0n) is 12.9. The van der Waals surface area contributed by atoms with Crippen LogP contribution in [0.25, 0.3) is 0 Å². The van der Waals surface area contributed by atoms with Gasteiger partial charge in [-0.15, -0.1) is 0 Å². The van der Waals surface area contributed by atoms with Gasteiger partial charge in [0, 0.05) is 18.2 Å². The highest BCUT2D eigenvalue weighted by atomic mass is 16.2. The van der Waals surface area contributed by atoms with Crippen molar-refractivity contribution in [2.75, 3.05) is 11.4 Å². The third kappa shape index (κ3) is 1.62. The van der Waals surface area contributed by atoms with Crippen LogP contribution in [0.15, 0.2) is 42.5 Å². The van der Waals surface area contributed by atoms with Gasteiger partial charge < -0.3 is 4.90 Å². The molecule has 4 rings (SSSR count). The Kier molecular flexibility index (Phi) is 3.00. The molecular formula is C19H21NO2. The molecule has 1 aliphatic heterocycles. The summed E-state index contributed by atoms with van der Waals surface area (Å²) in [5.74, 6) is 0.910. The number of allylic oxidation sites excluding steroid dienone is 2. The molecule has 0 unspecified atom stereocenters. The molecule has 1 heterocycles. The third-order valence-electron chi connectivity index (χ3n) is 6.02. The van der Waals surface area contributed by atoms with E-state index >= 15 is 0 Å². The van der Waals surface area contributed by atoms with E-state index in [9.17, 15) is 9.59 Å². The first-order valence-corrected chi connectivity index (χ1v) is 8.26. The Morgan fingerprint density at radius 2 is 2.00 bits per heavy atom. The van der Waals surface area contributed by atoms with Gasteiger partial charge >= 0.3 is 0 Å². The summed E-state index contributed by atoms with van der Waals surface area (Å²) in [6.07, 6.45) is 6.35. The van der Waals surface area contributed by atoms with Crippen LogP contribution in [0.3, 0.4) is 0 Å². The number of benzene rings is 1. The van der Waals surface area contributed by atoms with Gasteiger partial charge in [-0.2, -0.15) is 0 Å². The van der Waals surface area contributed by atoms with Gasteiger partial charge in [-0.25, -0.2) is 0 Å². The molecule has 3 heteroatoms. The first-order chi connectivity index (χ1) is 10.7. The summed E-state index contributed by atoms with van der Waals surface area (Å²) in [5.41, 5.74) is 0.493. The molecular weight excluding hydrogens is 274 g/mol. The largest absolute Gasteiger partial charge is 0.312 e. The van der Waals surface area contributed by atoms with Crippen molar-refractivity contribution in [2.45, 2.75) is 26.2 Å². The van der Waals surface area contributed by atoms with Crippen LogP contribution < -0.4 is 4.90 Å². The maximum Gasteiger partial charge on any atom is 0.234 e. The maximum atomic E-state index is 13.3.